The molecule has 0 aliphatic carbocycles. The molecule has 108 valence electrons. The predicted octanol–water partition coefficient (Wildman–Crippen LogP) is 1.94. The molecule has 20 heavy (non-hydrogen) atoms. The molecule has 1 N–H and O–H groups in total. The van der Waals surface area contributed by atoms with Crippen LogP contribution < -0.4 is 9.47 Å². The van der Waals surface area contributed by atoms with Crippen LogP contribution >= 0.6 is 0 Å². The second kappa shape index (κ2) is 7.11. The molecule has 0 amide bonds. The SMILES string of the molecule is COC(=C=O)/C(OC)=C(/O)c1c(OC)cccc1OC. The van der Waals surface area contributed by atoms with E-state index < -0.39 is 0 Å². The molecule has 0 atom stereocenters. The molecule has 0 aliphatic rings. The second-order valence-corrected chi connectivity index (χ2v) is 3.55. The van der Waals surface area contributed by atoms with Crippen molar-refractivity contribution in [2.45, 2.75) is 0 Å². The molecule has 6 heteroatoms. The molecule has 0 radical (unpaired) electrons. The van der Waals surface area contributed by atoms with Gasteiger partial charge in [0, 0.05) is 0 Å². The molecule has 0 spiro atoms. The summed E-state index contributed by atoms with van der Waals surface area (Å²) in [5.74, 6) is 1.49. The van der Waals surface area contributed by atoms with E-state index in [1.54, 1.807) is 24.1 Å². The van der Waals surface area contributed by atoms with Crippen LogP contribution in [0.2, 0.25) is 0 Å². The Morgan fingerprint density at radius 3 is 1.95 bits per heavy atom. The third kappa shape index (κ3) is 2.87. The van der Waals surface area contributed by atoms with Gasteiger partial charge in [-0.1, -0.05) is 6.07 Å². The Morgan fingerprint density at radius 1 is 1.05 bits per heavy atom. The molecule has 1 rings (SSSR count). The van der Waals surface area contributed by atoms with Crippen LogP contribution in [0.4, 0.5) is 0 Å². The zero-order chi connectivity index (χ0) is 15.1. The lowest BCUT2D eigenvalue weighted by Crippen LogP contribution is -2.03. The van der Waals surface area contributed by atoms with Crippen molar-refractivity contribution in [1.82, 2.24) is 0 Å². The molecule has 0 aliphatic heterocycles. The summed E-state index contributed by atoms with van der Waals surface area (Å²) in [5.41, 5.74) is 0.249. The van der Waals surface area contributed by atoms with Crippen molar-refractivity contribution in [2.24, 2.45) is 0 Å². The van der Waals surface area contributed by atoms with Gasteiger partial charge in [-0.05, 0) is 12.1 Å². The fourth-order valence-corrected chi connectivity index (χ4v) is 1.68. The van der Waals surface area contributed by atoms with E-state index in [4.69, 9.17) is 18.9 Å². The van der Waals surface area contributed by atoms with Crippen LogP contribution in [-0.2, 0) is 14.3 Å². The molecule has 1 aromatic carbocycles. The van der Waals surface area contributed by atoms with Crippen LogP contribution in [0.3, 0.4) is 0 Å². The van der Waals surface area contributed by atoms with E-state index >= 15 is 0 Å². The first-order valence-electron chi connectivity index (χ1n) is 5.62. The molecular formula is C14H16O6. The van der Waals surface area contributed by atoms with E-state index in [-0.39, 0.29) is 22.8 Å². The van der Waals surface area contributed by atoms with Gasteiger partial charge in [-0.2, -0.15) is 0 Å². The van der Waals surface area contributed by atoms with Crippen molar-refractivity contribution < 1.29 is 28.8 Å². The largest absolute Gasteiger partial charge is 0.504 e. The molecule has 6 nitrogen and oxygen atoms in total. The van der Waals surface area contributed by atoms with Gasteiger partial charge >= 0.3 is 0 Å². The number of hydrogen-bond acceptors (Lipinski definition) is 6. The normalized spacial score (nSPS) is 11.0. The highest BCUT2D eigenvalue weighted by Crippen LogP contribution is 2.36. The maximum absolute atomic E-state index is 10.8. The minimum Gasteiger partial charge on any atom is -0.504 e. The van der Waals surface area contributed by atoms with Gasteiger partial charge in [0.15, 0.2) is 11.7 Å². The number of benzene rings is 1. The van der Waals surface area contributed by atoms with Crippen LogP contribution in [0, 0.1) is 0 Å². The Labute approximate surface area is 116 Å². The summed E-state index contributed by atoms with van der Waals surface area (Å²) in [4.78, 5) is 10.8. The number of aliphatic hydroxyl groups excluding tert-OH is 1. The molecule has 0 saturated heterocycles. The second-order valence-electron chi connectivity index (χ2n) is 3.55. The quantitative estimate of drug-likeness (QED) is 0.487. The topological polar surface area (TPSA) is 74.2 Å². The minimum atomic E-state index is -0.345. The number of rotatable bonds is 6. The van der Waals surface area contributed by atoms with Crippen molar-refractivity contribution >= 4 is 11.7 Å². The Balaban J connectivity index is 3.59. The summed E-state index contributed by atoms with van der Waals surface area (Å²) in [7, 11) is 5.46. The first-order chi connectivity index (χ1) is 9.64. The molecule has 0 heterocycles. The highest BCUT2D eigenvalue weighted by molar-refractivity contribution is 5.76. The predicted molar refractivity (Wildman–Crippen MR) is 72.3 cm³/mol. The molecule has 0 unspecified atom stereocenters. The smallest absolute Gasteiger partial charge is 0.250 e. The van der Waals surface area contributed by atoms with Crippen LogP contribution in [0.25, 0.3) is 5.76 Å². The van der Waals surface area contributed by atoms with Crippen molar-refractivity contribution in [2.75, 3.05) is 28.4 Å². The van der Waals surface area contributed by atoms with E-state index in [9.17, 15) is 9.90 Å². The van der Waals surface area contributed by atoms with E-state index in [0.717, 1.165) is 0 Å². The Hall–Kier alpha value is -2.59. The fraction of sp³-hybridized carbons (Fsp3) is 0.286. The van der Waals surface area contributed by atoms with E-state index in [1.165, 1.54) is 28.4 Å². The summed E-state index contributed by atoms with van der Waals surface area (Å²) in [6.45, 7) is 0. The Bertz CT molecular complexity index is 533. The third-order valence-corrected chi connectivity index (χ3v) is 2.59. The molecular weight excluding hydrogens is 264 g/mol. The zero-order valence-corrected chi connectivity index (χ0v) is 11.7. The average molecular weight is 280 g/mol. The fourth-order valence-electron chi connectivity index (χ4n) is 1.68. The molecule has 0 fully saturated rings. The van der Waals surface area contributed by atoms with Crippen LogP contribution in [0.15, 0.2) is 29.7 Å². The standard InChI is InChI=1S/C14H16O6/c1-17-9-6-5-7-10(18-2)12(9)13(16)14(20-4)11(8-15)19-3/h5-7,16H,1-4H3/b14-13-. The monoisotopic (exact) mass is 280 g/mol. The van der Waals surface area contributed by atoms with Crippen molar-refractivity contribution in [3.05, 3.63) is 35.3 Å². The zero-order valence-electron chi connectivity index (χ0n) is 11.7. The van der Waals surface area contributed by atoms with Crippen molar-refractivity contribution in [1.29, 1.82) is 0 Å². The maximum atomic E-state index is 10.8. The first kappa shape index (κ1) is 15.5. The van der Waals surface area contributed by atoms with Gasteiger partial charge in [0.1, 0.15) is 17.1 Å². The van der Waals surface area contributed by atoms with E-state index in [1.807, 2.05) is 0 Å². The number of ether oxygens (including phenoxy) is 4. The van der Waals surface area contributed by atoms with Crippen LogP contribution in [0.5, 0.6) is 11.5 Å². The lowest BCUT2D eigenvalue weighted by Gasteiger charge is -2.15. The van der Waals surface area contributed by atoms with E-state index in [0.29, 0.717) is 11.5 Å². The van der Waals surface area contributed by atoms with Gasteiger partial charge in [-0.25, -0.2) is 4.79 Å². The number of aliphatic hydroxyl groups is 1. The average Bonchev–Trinajstić information content (AvgIpc) is 2.50. The minimum absolute atomic E-state index is 0.162. The number of hydrogen-bond donors (Lipinski definition) is 1. The maximum Gasteiger partial charge on any atom is 0.250 e. The van der Waals surface area contributed by atoms with Gasteiger partial charge in [0.2, 0.25) is 11.5 Å². The Kier molecular flexibility index (Phi) is 5.50. The number of carbonyl (C=O) groups excluding carboxylic acids is 1. The van der Waals surface area contributed by atoms with Gasteiger partial charge in [-0.3, -0.25) is 0 Å². The molecule has 0 aromatic heterocycles. The third-order valence-electron chi connectivity index (χ3n) is 2.59. The summed E-state index contributed by atoms with van der Waals surface area (Å²) >= 11 is 0. The van der Waals surface area contributed by atoms with Gasteiger partial charge in [0.25, 0.3) is 0 Å². The highest BCUT2D eigenvalue weighted by Gasteiger charge is 2.22. The van der Waals surface area contributed by atoms with Gasteiger partial charge in [-0.15, -0.1) is 0 Å². The van der Waals surface area contributed by atoms with Crippen molar-refractivity contribution in [3.8, 4) is 11.5 Å². The first-order valence-corrected chi connectivity index (χ1v) is 5.62. The van der Waals surface area contributed by atoms with E-state index in [2.05, 4.69) is 0 Å². The number of methoxy groups -OCH3 is 4. The lowest BCUT2D eigenvalue weighted by atomic mass is 10.1. The summed E-state index contributed by atoms with van der Waals surface area (Å²) < 4.78 is 20.2. The lowest BCUT2D eigenvalue weighted by molar-refractivity contribution is 0.216. The van der Waals surface area contributed by atoms with Crippen LogP contribution in [0.1, 0.15) is 5.56 Å². The summed E-state index contributed by atoms with van der Waals surface area (Å²) in [5, 5.41) is 10.4. The molecule has 0 bridgehead atoms. The van der Waals surface area contributed by atoms with Crippen LogP contribution in [-0.4, -0.2) is 39.5 Å². The highest BCUT2D eigenvalue weighted by atomic mass is 16.5. The van der Waals surface area contributed by atoms with Gasteiger partial charge < -0.3 is 24.1 Å². The van der Waals surface area contributed by atoms with Gasteiger partial charge in [0.05, 0.1) is 28.4 Å². The molecule has 0 saturated carbocycles. The molecule has 1 aromatic rings. The Morgan fingerprint density at radius 2 is 1.60 bits per heavy atom. The summed E-state index contributed by atoms with van der Waals surface area (Å²) in [6.07, 6.45) is 0. The van der Waals surface area contributed by atoms with Crippen molar-refractivity contribution in [3.63, 3.8) is 0 Å². The summed E-state index contributed by atoms with van der Waals surface area (Å²) in [6, 6.07) is 4.98.